The molecule has 5 heteroatoms. The maximum Gasteiger partial charge on any atom is 0.222 e. The second kappa shape index (κ2) is 8.13. The minimum Gasteiger partial charge on any atom is -0.390 e. The summed E-state index contributed by atoms with van der Waals surface area (Å²) in [7, 11) is 0. The molecule has 136 valence electrons. The van der Waals surface area contributed by atoms with E-state index in [0.717, 1.165) is 22.4 Å². The predicted octanol–water partition coefficient (Wildman–Crippen LogP) is 4.07. The Bertz CT molecular complexity index is 819. The van der Waals surface area contributed by atoms with E-state index in [-0.39, 0.29) is 17.8 Å². The van der Waals surface area contributed by atoms with E-state index < -0.39 is 0 Å². The van der Waals surface area contributed by atoms with Crippen molar-refractivity contribution in [2.45, 2.75) is 39.3 Å². The van der Waals surface area contributed by atoms with Gasteiger partial charge in [-0.25, -0.2) is 4.39 Å². The van der Waals surface area contributed by atoms with E-state index in [0.29, 0.717) is 25.9 Å². The molecular weight excluding hydrogens is 331 g/mol. The van der Waals surface area contributed by atoms with Crippen LogP contribution in [0.15, 0.2) is 53.7 Å². The summed E-state index contributed by atoms with van der Waals surface area (Å²) >= 11 is 0. The van der Waals surface area contributed by atoms with Crippen molar-refractivity contribution in [2.75, 3.05) is 6.54 Å². The molecule has 1 amide bonds. The number of halogens is 1. The first-order valence-electron chi connectivity index (χ1n) is 8.87. The highest BCUT2D eigenvalue weighted by Gasteiger charge is 2.27. The Morgan fingerprint density at radius 3 is 2.81 bits per heavy atom. The van der Waals surface area contributed by atoms with Crippen LogP contribution in [0, 0.1) is 12.7 Å². The number of nitrogens with zero attached hydrogens (tertiary/aromatic N) is 2. The number of carbonyl (C=O) groups excluding carboxylic acids is 1. The lowest BCUT2D eigenvalue weighted by Crippen LogP contribution is -2.36. The predicted molar refractivity (Wildman–Crippen MR) is 99.3 cm³/mol. The van der Waals surface area contributed by atoms with Gasteiger partial charge in [0.15, 0.2) is 6.10 Å². The number of benzene rings is 2. The average Bonchev–Trinajstić information content (AvgIpc) is 3.09. The van der Waals surface area contributed by atoms with Gasteiger partial charge in [-0.1, -0.05) is 48.5 Å². The van der Waals surface area contributed by atoms with Gasteiger partial charge in [0, 0.05) is 24.9 Å². The number of aryl methyl sites for hydroxylation is 1. The Balaban J connectivity index is 1.67. The third-order valence-corrected chi connectivity index (χ3v) is 4.53. The summed E-state index contributed by atoms with van der Waals surface area (Å²) in [4.78, 5) is 19.6. The highest BCUT2D eigenvalue weighted by Crippen LogP contribution is 2.21. The Kier molecular flexibility index (Phi) is 5.66. The molecule has 0 aliphatic carbocycles. The van der Waals surface area contributed by atoms with Crippen LogP contribution in [0.1, 0.15) is 36.5 Å². The molecule has 1 unspecified atom stereocenters. The Hall–Kier alpha value is -2.69. The van der Waals surface area contributed by atoms with E-state index >= 15 is 0 Å². The quantitative estimate of drug-likeness (QED) is 0.785. The molecule has 3 rings (SSSR count). The molecule has 0 saturated carbocycles. The molecule has 26 heavy (non-hydrogen) atoms. The summed E-state index contributed by atoms with van der Waals surface area (Å²) in [6, 6.07) is 14.4. The molecule has 1 atom stereocenters. The number of amides is 1. The van der Waals surface area contributed by atoms with Crippen molar-refractivity contribution >= 4 is 11.6 Å². The summed E-state index contributed by atoms with van der Waals surface area (Å²) in [5.41, 5.74) is 3.90. The smallest absolute Gasteiger partial charge is 0.222 e. The second-order valence-corrected chi connectivity index (χ2v) is 6.54. The summed E-state index contributed by atoms with van der Waals surface area (Å²) in [6.45, 7) is 4.67. The maximum absolute atomic E-state index is 13.4. The summed E-state index contributed by atoms with van der Waals surface area (Å²) in [5.74, 6) is -0.282. The number of hydrogen-bond acceptors (Lipinski definition) is 3. The van der Waals surface area contributed by atoms with Crippen molar-refractivity contribution in [1.82, 2.24) is 4.90 Å². The zero-order valence-corrected chi connectivity index (χ0v) is 15.1. The van der Waals surface area contributed by atoms with Crippen molar-refractivity contribution in [2.24, 2.45) is 5.16 Å². The van der Waals surface area contributed by atoms with Crippen LogP contribution in [0.4, 0.5) is 4.39 Å². The van der Waals surface area contributed by atoms with Crippen LogP contribution in [0.5, 0.6) is 0 Å². The number of rotatable bonds is 6. The van der Waals surface area contributed by atoms with Crippen LogP contribution >= 0.6 is 0 Å². The Morgan fingerprint density at radius 2 is 2.08 bits per heavy atom. The maximum atomic E-state index is 13.4. The van der Waals surface area contributed by atoms with Crippen molar-refractivity contribution in [3.8, 4) is 0 Å². The van der Waals surface area contributed by atoms with E-state index in [9.17, 15) is 9.18 Å². The van der Waals surface area contributed by atoms with Gasteiger partial charge in [0.05, 0.1) is 12.3 Å². The lowest BCUT2D eigenvalue weighted by molar-refractivity contribution is -0.133. The fraction of sp³-hybridized carbons (Fsp3) is 0.333. The number of oxime groups is 1. The fourth-order valence-electron chi connectivity index (χ4n) is 3.16. The molecule has 4 nitrogen and oxygen atoms in total. The highest BCUT2D eigenvalue weighted by molar-refractivity contribution is 6.02. The molecule has 2 aromatic carbocycles. The van der Waals surface area contributed by atoms with Crippen molar-refractivity contribution in [3.63, 3.8) is 0 Å². The molecule has 1 aliphatic heterocycles. The zero-order chi connectivity index (χ0) is 18.5. The van der Waals surface area contributed by atoms with Gasteiger partial charge in [0.25, 0.3) is 0 Å². The summed E-state index contributed by atoms with van der Waals surface area (Å²) in [5, 5.41) is 4.23. The number of hydrogen-bond donors (Lipinski definition) is 0. The van der Waals surface area contributed by atoms with Crippen molar-refractivity contribution in [3.05, 3.63) is 71.0 Å². The molecule has 1 heterocycles. The minimum absolute atomic E-state index is 0.0159. The highest BCUT2D eigenvalue weighted by atomic mass is 19.1. The Labute approximate surface area is 153 Å². The lowest BCUT2D eigenvalue weighted by atomic mass is 10.00. The SMILES string of the molecule is CCC(=O)N(Cc1cccc(F)c1)CC1CC(c2ccccc2C)=NO1. The van der Waals surface area contributed by atoms with Gasteiger partial charge in [-0.15, -0.1) is 0 Å². The standard InChI is InChI=1S/C21H23FN2O2/c1-3-21(25)24(13-16-8-6-9-17(22)11-16)14-18-12-20(23-26-18)19-10-5-4-7-15(19)2/h4-11,18H,3,12-14H2,1-2H3. The molecule has 0 saturated heterocycles. The van der Waals surface area contributed by atoms with E-state index in [1.807, 2.05) is 44.2 Å². The topological polar surface area (TPSA) is 41.9 Å². The second-order valence-electron chi connectivity index (χ2n) is 6.54. The molecule has 0 fully saturated rings. The third kappa shape index (κ3) is 4.28. The van der Waals surface area contributed by atoms with E-state index in [2.05, 4.69) is 5.16 Å². The van der Waals surface area contributed by atoms with Crippen molar-refractivity contribution < 1.29 is 14.0 Å². The fourth-order valence-corrected chi connectivity index (χ4v) is 3.16. The monoisotopic (exact) mass is 354 g/mol. The molecule has 0 bridgehead atoms. The lowest BCUT2D eigenvalue weighted by Gasteiger charge is -2.24. The molecule has 0 radical (unpaired) electrons. The van der Waals surface area contributed by atoms with Gasteiger partial charge < -0.3 is 9.74 Å². The molecule has 0 N–H and O–H groups in total. The number of carbonyl (C=O) groups is 1. The molecular formula is C21H23FN2O2. The van der Waals surface area contributed by atoms with Crippen molar-refractivity contribution in [1.29, 1.82) is 0 Å². The molecule has 0 aromatic heterocycles. The molecule has 2 aromatic rings. The zero-order valence-electron chi connectivity index (χ0n) is 15.1. The van der Waals surface area contributed by atoms with Crippen LogP contribution in [-0.4, -0.2) is 29.2 Å². The van der Waals surface area contributed by atoms with Gasteiger partial charge in [-0.05, 0) is 30.2 Å². The first kappa shape index (κ1) is 18.1. The van der Waals surface area contributed by atoms with E-state index in [1.165, 1.54) is 12.1 Å². The minimum atomic E-state index is -0.298. The van der Waals surface area contributed by atoms with Gasteiger partial charge in [0.2, 0.25) is 5.91 Å². The largest absolute Gasteiger partial charge is 0.390 e. The average molecular weight is 354 g/mol. The van der Waals surface area contributed by atoms with E-state index in [1.54, 1.807) is 11.0 Å². The first-order valence-corrected chi connectivity index (χ1v) is 8.87. The first-order chi connectivity index (χ1) is 12.6. The molecule has 0 spiro atoms. The van der Waals surface area contributed by atoms with Crippen LogP contribution in [0.25, 0.3) is 0 Å². The van der Waals surface area contributed by atoms with Crippen LogP contribution < -0.4 is 0 Å². The third-order valence-electron chi connectivity index (χ3n) is 4.53. The Morgan fingerprint density at radius 1 is 1.27 bits per heavy atom. The van der Waals surface area contributed by atoms with Crippen LogP contribution in [0.2, 0.25) is 0 Å². The van der Waals surface area contributed by atoms with E-state index in [4.69, 9.17) is 4.84 Å². The summed E-state index contributed by atoms with van der Waals surface area (Å²) in [6.07, 6.45) is 0.864. The van der Waals surface area contributed by atoms with Gasteiger partial charge >= 0.3 is 0 Å². The van der Waals surface area contributed by atoms with Gasteiger partial charge in [-0.2, -0.15) is 0 Å². The summed E-state index contributed by atoms with van der Waals surface area (Å²) < 4.78 is 13.4. The molecule has 1 aliphatic rings. The van der Waals surface area contributed by atoms with Gasteiger partial charge in [-0.3, -0.25) is 4.79 Å². The van der Waals surface area contributed by atoms with Crippen LogP contribution in [0.3, 0.4) is 0 Å². The van der Waals surface area contributed by atoms with Crippen LogP contribution in [-0.2, 0) is 16.2 Å². The normalized spacial score (nSPS) is 16.1. The van der Waals surface area contributed by atoms with Gasteiger partial charge in [0.1, 0.15) is 5.82 Å².